The highest BCUT2D eigenvalue weighted by atomic mass is 35.5. The zero-order chi connectivity index (χ0) is 12.3. The van der Waals surface area contributed by atoms with Crippen molar-refractivity contribution in [2.24, 2.45) is 0 Å². The maximum Gasteiger partial charge on any atom is 0.131 e. The quantitative estimate of drug-likeness (QED) is 0.876. The molecule has 2 heterocycles. The summed E-state index contributed by atoms with van der Waals surface area (Å²) in [5.74, 6) is 0. The molecule has 0 aliphatic heterocycles. The van der Waals surface area contributed by atoms with Gasteiger partial charge in [-0.2, -0.15) is 0 Å². The van der Waals surface area contributed by atoms with E-state index in [9.17, 15) is 0 Å². The van der Waals surface area contributed by atoms with E-state index in [1.807, 2.05) is 6.92 Å². The second kappa shape index (κ2) is 5.78. The van der Waals surface area contributed by atoms with E-state index in [-0.39, 0.29) is 0 Å². The van der Waals surface area contributed by atoms with Crippen LogP contribution in [0.5, 0.6) is 0 Å². The molecule has 0 bridgehead atoms. The number of halogens is 2. The topological polar surface area (TPSA) is 37.8 Å². The molecule has 2 aromatic heterocycles. The van der Waals surface area contributed by atoms with E-state index >= 15 is 0 Å². The van der Waals surface area contributed by atoms with Crippen molar-refractivity contribution in [3.8, 4) is 0 Å². The van der Waals surface area contributed by atoms with Crippen LogP contribution in [-0.4, -0.2) is 9.97 Å². The van der Waals surface area contributed by atoms with Gasteiger partial charge in [-0.1, -0.05) is 23.2 Å². The SMILES string of the molecule is Cc1nc(CNCc2cc(Cl)nc(Cl)c2)cs1. The van der Waals surface area contributed by atoms with Crippen molar-refractivity contribution in [2.45, 2.75) is 20.0 Å². The molecule has 0 unspecified atom stereocenters. The molecule has 17 heavy (non-hydrogen) atoms. The van der Waals surface area contributed by atoms with Gasteiger partial charge in [0.1, 0.15) is 10.3 Å². The van der Waals surface area contributed by atoms with Crippen LogP contribution in [0, 0.1) is 6.92 Å². The molecule has 6 heteroatoms. The summed E-state index contributed by atoms with van der Waals surface area (Å²) < 4.78 is 0. The number of hydrogen-bond acceptors (Lipinski definition) is 4. The number of pyridine rings is 1. The van der Waals surface area contributed by atoms with Gasteiger partial charge in [-0.15, -0.1) is 11.3 Å². The normalized spacial score (nSPS) is 10.8. The number of hydrogen-bond donors (Lipinski definition) is 1. The summed E-state index contributed by atoms with van der Waals surface area (Å²) >= 11 is 13.3. The number of aryl methyl sites for hydroxylation is 1. The number of rotatable bonds is 4. The first kappa shape index (κ1) is 12.8. The van der Waals surface area contributed by atoms with Gasteiger partial charge in [-0.05, 0) is 24.6 Å². The summed E-state index contributed by atoms with van der Waals surface area (Å²) in [4.78, 5) is 8.26. The fourth-order valence-corrected chi connectivity index (χ4v) is 2.56. The van der Waals surface area contributed by atoms with Crippen molar-refractivity contribution in [3.63, 3.8) is 0 Å². The van der Waals surface area contributed by atoms with E-state index in [2.05, 4.69) is 20.7 Å². The lowest BCUT2D eigenvalue weighted by Gasteiger charge is -2.04. The summed E-state index contributed by atoms with van der Waals surface area (Å²) in [5, 5.41) is 7.25. The zero-order valence-electron chi connectivity index (χ0n) is 9.20. The van der Waals surface area contributed by atoms with Crippen molar-refractivity contribution in [3.05, 3.63) is 44.1 Å². The average Bonchev–Trinajstić information content (AvgIpc) is 2.63. The third kappa shape index (κ3) is 3.92. The van der Waals surface area contributed by atoms with Crippen LogP contribution in [0.4, 0.5) is 0 Å². The van der Waals surface area contributed by atoms with Gasteiger partial charge < -0.3 is 5.32 Å². The summed E-state index contributed by atoms with van der Waals surface area (Å²) in [6.45, 7) is 3.43. The van der Waals surface area contributed by atoms with Crippen LogP contribution in [0.1, 0.15) is 16.3 Å². The molecule has 0 saturated heterocycles. The Labute approximate surface area is 114 Å². The highest BCUT2D eigenvalue weighted by Crippen LogP contribution is 2.14. The third-order valence-corrected chi connectivity index (χ3v) is 3.33. The Hall–Kier alpha value is -0.680. The predicted octanol–water partition coefficient (Wildman–Crippen LogP) is 3.44. The molecule has 0 radical (unpaired) electrons. The molecule has 0 saturated carbocycles. The lowest BCUT2D eigenvalue weighted by molar-refractivity contribution is 0.681. The van der Waals surface area contributed by atoms with Crippen LogP contribution in [0.15, 0.2) is 17.5 Å². The minimum absolute atomic E-state index is 0.416. The molecule has 2 aromatic rings. The fourth-order valence-electron chi connectivity index (χ4n) is 1.44. The number of nitrogens with zero attached hydrogens (tertiary/aromatic N) is 2. The molecule has 0 spiro atoms. The van der Waals surface area contributed by atoms with Crippen LogP contribution in [0.2, 0.25) is 10.3 Å². The van der Waals surface area contributed by atoms with Crippen LogP contribution >= 0.6 is 34.5 Å². The van der Waals surface area contributed by atoms with E-state index in [1.165, 1.54) is 0 Å². The zero-order valence-corrected chi connectivity index (χ0v) is 11.5. The van der Waals surface area contributed by atoms with Crippen LogP contribution in [-0.2, 0) is 13.1 Å². The molecule has 0 atom stereocenters. The molecular weight excluding hydrogens is 277 g/mol. The van der Waals surface area contributed by atoms with Gasteiger partial charge in [0.15, 0.2) is 0 Å². The minimum Gasteiger partial charge on any atom is -0.307 e. The number of nitrogens with one attached hydrogen (secondary N) is 1. The summed E-state index contributed by atoms with van der Waals surface area (Å²) in [7, 11) is 0. The van der Waals surface area contributed by atoms with Crippen molar-refractivity contribution in [1.29, 1.82) is 0 Å². The van der Waals surface area contributed by atoms with Crippen molar-refractivity contribution < 1.29 is 0 Å². The van der Waals surface area contributed by atoms with Gasteiger partial charge in [0.2, 0.25) is 0 Å². The number of aromatic nitrogens is 2. The van der Waals surface area contributed by atoms with E-state index in [0.717, 1.165) is 22.8 Å². The highest BCUT2D eigenvalue weighted by molar-refractivity contribution is 7.09. The molecule has 0 aromatic carbocycles. The van der Waals surface area contributed by atoms with Crippen molar-refractivity contribution in [2.75, 3.05) is 0 Å². The standard InChI is InChI=1S/C11H11Cl2N3S/c1-7-15-9(6-17-7)5-14-4-8-2-10(12)16-11(13)3-8/h2-3,6,14H,4-5H2,1H3. The van der Waals surface area contributed by atoms with Gasteiger partial charge in [-0.3, -0.25) is 0 Å². The van der Waals surface area contributed by atoms with E-state index in [1.54, 1.807) is 23.5 Å². The Morgan fingerprint density at radius 3 is 2.47 bits per heavy atom. The lowest BCUT2D eigenvalue weighted by Crippen LogP contribution is -2.13. The maximum atomic E-state index is 5.82. The molecule has 3 nitrogen and oxygen atoms in total. The second-order valence-electron chi connectivity index (χ2n) is 3.58. The third-order valence-electron chi connectivity index (χ3n) is 2.12. The molecule has 1 N–H and O–H groups in total. The molecular formula is C11H11Cl2N3S. The first-order chi connectivity index (χ1) is 8.13. The Morgan fingerprint density at radius 2 is 1.88 bits per heavy atom. The van der Waals surface area contributed by atoms with Gasteiger partial charge >= 0.3 is 0 Å². The Morgan fingerprint density at radius 1 is 1.18 bits per heavy atom. The lowest BCUT2D eigenvalue weighted by atomic mass is 10.2. The Balaban J connectivity index is 1.89. The smallest absolute Gasteiger partial charge is 0.131 e. The minimum atomic E-state index is 0.416. The van der Waals surface area contributed by atoms with Crippen molar-refractivity contribution in [1.82, 2.24) is 15.3 Å². The molecule has 0 fully saturated rings. The highest BCUT2D eigenvalue weighted by Gasteiger charge is 2.01. The molecule has 0 amide bonds. The largest absolute Gasteiger partial charge is 0.307 e. The van der Waals surface area contributed by atoms with Gasteiger partial charge in [0, 0.05) is 18.5 Å². The van der Waals surface area contributed by atoms with Gasteiger partial charge in [0.25, 0.3) is 0 Å². The fraction of sp³-hybridized carbons (Fsp3) is 0.273. The van der Waals surface area contributed by atoms with E-state index < -0.39 is 0 Å². The number of thiazole rings is 1. The van der Waals surface area contributed by atoms with Crippen LogP contribution in [0.3, 0.4) is 0 Å². The monoisotopic (exact) mass is 287 g/mol. The molecule has 0 aliphatic carbocycles. The first-order valence-electron chi connectivity index (χ1n) is 5.07. The molecule has 90 valence electrons. The average molecular weight is 288 g/mol. The Bertz CT molecular complexity index is 493. The van der Waals surface area contributed by atoms with Gasteiger partial charge in [0.05, 0.1) is 10.7 Å². The van der Waals surface area contributed by atoms with E-state index in [4.69, 9.17) is 23.2 Å². The molecule has 2 rings (SSSR count). The second-order valence-corrected chi connectivity index (χ2v) is 5.42. The summed E-state index contributed by atoms with van der Waals surface area (Å²) in [5.41, 5.74) is 2.07. The first-order valence-corrected chi connectivity index (χ1v) is 6.71. The van der Waals surface area contributed by atoms with Crippen molar-refractivity contribution >= 4 is 34.5 Å². The van der Waals surface area contributed by atoms with E-state index in [0.29, 0.717) is 16.9 Å². The summed E-state index contributed by atoms with van der Waals surface area (Å²) in [6.07, 6.45) is 0. The Kier molecular flexibility index (Phi) is 4.34. The summed E-state index contributed by atoms with van der Waals surface area (Å²) in [6, 6.07) is 3.60. The molecule has 0 aliphatic rings. The van der Waals surface area contributed by atoms with Crippen LogP contribution < -0.4 is 5.32 Å². The van der Waals surface area contributed by atoms with Gasteiger partial charge in [-0.25, -0.2) is 9.97 Å². The van der Waals surface area contributed by atoms with Crippen LogP contribution in [0.25, 0.3) is 0 Å². The maximum absolute atomic E-state index is 5.82. The predicted molar refractivity (Wildman–Crippen MR) is 71.7 cm³/mol.